The van der Waals surface area contributed by atoms with Gasteiger partial charge < -0.3 is 4.42 Å². The van der Waals surface area contributed by atoms with Crippen molar-refractivity contribution in [3.63, 3.8) is 0 Å². The van der Waals surface area contributed by atoms with Gasteiger partial charge in [0.1, 0.15) is 11.2 Å². The van der Waals surface area contributed by atoms with Crippen LogP contribution in [0.25, 0.3) is 55.5 Å². The Balaban J connectivity index is 1.74. The lowest BCUT2D eigenvalue weighted by atomic mass is 9.99. The van der Waals surface area contributed by atoms with E-state index in [1.165, 1.54) is 0 Å². The number of hydrogen-bond acceptors (Lipinski definition) is 3. The Morgan fingerprint density at radius 2 is 1.27 bits per heavy atom. The van der Waals surface area contributed by atoms with Crippen LogP contribution < -0.4 is 0 Å². The summed E-state index contributed by atoms with van der Waals surface area (Å²) in [7, 11) is 0. The largest absolute Gasteiger partial charge is 0.456 e. The molecule has 3 nitrogen and oxygen atoms in total. The Morgan fingerprint density at radius 3 is 2.07 bits per heavy atom. The van der Waals surface area contributed by atoms with Crippen molar-refractivity contribution in [1.29, 1.82) is 0 Å². The van der Waals surface area contributed by atoms with Crippen LogP contribution in [0.2, 0.25) is 0 Å². The number of aromatic nitrogens is 2. The Morgan fingerprint density at radius 1 is 0.600 bits per heavy atom. The molecule has 0 atom stereocenters. The lowest BCUT2D eigenvalue weighted by Crippen LogP contribution is -1.95. The third kappa shape index (κ3) is 2.72. The molecule has 0 aliphatic rings. The number of hydrogen-bond donors (Lipinski definition) is 0. The standard InChI is InChI=1S/C26H15BrN2O/c27-17-14-12-16(13-15-17)25-26(29-21-9-3-2-8-20(21)28-25)19-7-5-11-23-24(19)18-6-1-4-10-22(18)30-23/h1-15H. The van der Waals surface area contributed by atoms with E-state index >= 15 is 0 Å². The van der Waals surface area contributed by atoms with Crippen LogP contribution in [-0.2, 0) is 0 Å². The predicted octanol–water partition coefficient (Wildman–Crippen LogP) is 7.63. The van der Waals surface area contributed by atoms with E-state index < -0.39 is 0 Å². The smallest absolute Gasteiger partial charge is 0.136 e. The second-order valence-corrected chi connectivity index (χ2v) is 8.11. The zero-order valence-electron chi connectivity index (χ0n) is 15.8. The predicted molar refractivity (Wildman–Crippen MR) is 125 cm³/mol. The van der Waals surface area contributed by atoms with Crippen molar-refractivity contribution in [2.24, 2.45) is 0 Å². The molecule has 0 saturated heterocycles. The molecule has 4 heteroatoms. The Hall–Kier alpha value is -3.50. The van der Waals surface area contributed by atoms with Gasteiger partial charge in [0.15, 0.2) is 0 Å². The van der Waals surface area contributed by atoms with Crippen LogP contribution in [0.5, 0.6) is 0 Å². The van der Waals surface area contributed by atoms with E-state index in [0.29, 0.717) is 0 Å². The zero-order chi connectivity index (χ0) is 20.1. The van der Waals surface area contributed by atoms with E-state index in [4.69, 9.17) is 14.4 Å². The summed E-state index contributed by atoms with van der Waals surface area (Å²) >= 11 is 3.53. The molecule has 6 rings (SSSR count). The number of para-hydroxylation sites is 3. The minimum Gasteiger partial charge on any atom is -0.456 e. The van der Waals surface area contributed by atoms with Crippen LogP contribution in [0.4, 0.5) is 0 Å². The molecule has 2 aromatic heterocycles. The molecule has 0 unspecified atom stereocenters. The maximum Gasteiger partial charge on any atom is 0.136 e. The number of furan rings is 1. The lowest BCUT2D eigenvalue weighted by Gasteiger charge is -2.11. The van der Waals surface area contributed by atoms with Crippen molar-refractivity contribution < 1.29 is 4.42 Å². The van der Waals surface area contributed by atoms with E-state index in [1.54, 1.807) is 0 Å². The quantitative estimate of drug-likeness (QED) is 0.272. The topological polar surface area (TPSA) is 38.9 Å². The van der Waals surface area contributed by atoms with Gasteiger partial charge in [-0.05, 0) is 36.4 Å². The summed E-state index contributed by atoms with van der Waals surface area (Å²) in [6, 6.07) is 30.4. The normalized spacial score (nSPS) is 11.5. The molecular weight excluding hydrogens is 436 g/mol. The highest BCUT2D eigenvalue weighted by Crippen LogP contribution is 2.39. The van der Waals surface area contributed by atoms with Gasteiger partial charge in [-0.2, -0.15) is 0 Å². The van der Waals surface area contributed by atoms with Crippen LogP contribution in [0.15, 0.2) is 99.9 Å². The first-order valence-corrected chi connectivity index (χ1v) is 10.5. The summed E-state index contributed by atoms with van der Waals surface area (Å²) in [6.45, 7) is 0. The zero-order valence-corrected chi connectivity index (χ0v) is 17.4. The first kappa shape index (κ1) is 17.4. The van der Waals surface area contributed by atoms with Crippen LogP contribution in [-0.4, -0.2) is 9.97 Å². The van der Waals surface area contributed by atoms with Crippen molar-refractivity contribution in [3.05, 3.63) is 95.5 Å². The summed E-state index contributed by atoms with van der Waals surface area (Å²) in [5.74, 6) is 0. The lowest BCUT2D eigenvalue weighted by molar-refractivity contribution is 0.669. The SMILES string of the molecule is Brc1ccc(-c2nc3ccccc3nc2-c2cccc3oc4ccccc4c23)cc1. The summed E-state index contributed by atoms with van der Waals surface area (Å²) in [5.41, 5.74) is 7.24. The van der Waals surface area contributed by atoms with Gasteiger partial charge in [0.2, 0.25) is 0 Å². The molecule has 0 radical (unpaired) electrons. The van der Waals surface area contributed by atoms with Crippen molar-refractivity contribution in [1.82, 2.24) is 9.97 Å². The van der Waals surface area contributed by atoms with Gasteiger partial charge in [-0.15, -0.1) is 0 Å². The van der Waals surface area contributed by atoms with E-state index in [9.17, 15) is 0 Å². The van der Waals surface area contributed by atoms with E-state index in [-0.39, 0.29) is 0 Å². The van der Waals surface area contributed by atoms with Crippen LogP contribution in [0.1, 0.15) is 0 Å². The fraction of sp³-hybridized carbons (Fsp3) is 0. The molecule has 4 aromatic carbocycles. The Bertz CT molecular complexity index is 1550. The van der Waals surface area contributed by atoms with Gasteiger partial charge in [0, 0.05) is 26.4 Å². The van der Waals surface area contributed by atoms with Gasteiger partial charge in [-0.1, -0.05) is 70.5 Å². The van der Waals surface area contributed by atoms with Crippen molar-refractivity contribution >= 4 is 48.9 Å². The van der Waals surface area contributed by atoms with E-state index in [2.05, 4.69) is 40.2 Å². The summed E-state index contributed by atoms with van der Waals surface area (Å²) < 4.78 is 7.14. The first-order valence-electron chi connectivity index (χ1n) is 9.71. The third-order valence-corrected chi connectivity index (χ3v) is 5.87. The maximum atomic E-state index is 6.11. The second kappa shape index (κ2) is 6.78. The van der Waals surface area contributed by atoms with Crippen molar-refractivity contribution in [2.45, 2.75) is 0 Å². The number of nitrogens with zero attached hydrogens (tertiary/aromatic N) is 2. The third-order valence-electron chi connectivity index (χ3n) is 5.35. The molecule has 0 N–H and O–H groups in total. The van der Waals surface area contributed by atoms with E-state index in [1.807, 2.05) is 66.7 Å². The minimum absolute atomic E-state index is 0.852. The molecule has 2 heterocycles. The first-order chi connectivity index (χ1) is 14.8. The van der Waals surface area contributed by atoms with Gasteiger partial charge >= 0.3 is 0 Å². The average molecular weight is 451 g/mol. The van der Waals surface area contributed by atoms with E-state index in [0.717, 1.165) is 60.0 Å². The average Bonchev–Trinajstić information content (AvgIpc) is 3.18. The molecule has 6 aromatic rings. The number of halogens is 1. The van der Waals surface area contributed by atoms with Gasteiger partial charge in [0.25, 0.3) is 0 Å². The fourth-order valence-corrected chi connectivity index (χ4v) is 4.23. The van der Waals surface area contributed by atoms with Gasteiger partial charge in [-0.3, -0.25) is 0 Å². The second-order valence-electron chi connectivity index (χ2n) is 7.19. The number of rotatable bonds is 2. The molecule has 0 aliphatic heterocycles. The molecule has 0 fully saturated rings. The molecule has 0 spiro atoms. The highest BCUT2D eigenvalue weighted by Gasteiger charge is 2.18. The maximum absolute atomic E-state index is 6.11. The molecule has 0 bridgehead atoms. The summed E-state index contributed by atoms with van der Waals surface area (Å²) in [4.78, 5) is 10.1. The minimum atomic E-state index is 0.852. The highest BCUT2D eigenvalue weighted by atomic mass is 79.9. The highest BCUT2D eigenvalue weighted by molar-refractivity contribution is 9.10. The fourth-order valence-electron chi connectivity index (χ4n) is 3.97. The summed E-state index contributed by atoms with van der Waals surface area (Å²) in [6.07, 6.45) is 0. The Kier molecular flexibility index (Phi) is 3.93. The van der Waals surface area contributed by atoms with Gasteiger partial charge in [-0.25, -0.2) is 9.97 Å². The van der Waals surface area contributed by atoms with Crippen molar-refractivity contribution in [2.75, 3.05) is 0 Å². The van der Waals surface area contributed by atoms with Crippen LogP contribution in [0, 0.1) is 0 Å². The van der Waals surface area contributed by atoms with Gasteiger partial charge in [0.05, 0.1) is 22.4 Å². The molecule has 142 valence electrons. The molecule has 0 amide bonds. The monoisotopic (exact) mass is 450 g/mol. The number of benzene rings is 4. The van der Waals surface area contributed by atoms with Crippen molar-refractivity contribution in [3.8, 4) is 22.5 Å². The summed E-state index contributed by atoms with van der Waals surface area (Å²) in [5, 5.41) is 2.15. The Labute approximate surface area is 181 Å². The molecular formula is C26H15BrN2O. The van der Waals surface area contributed by atoms with Crippen LogP contribution >= 0.6 is 15.9 Å². The molecule has 0 saturated carbocycles. The molecule has 30 heavy (non-hydrogen) atoms. The molecule has 0 aliphatic carbocycles. The number of fused-ring (bicyclic) bond motifs is 4. The van der Waals surface area contributed by atoms with Crippen LogP contribution in [0.3, 0.4) is 0 Å².